The van der Waals surface area contributed by atoms with Crippen molar-refractivity contribution in [2.24, 2.45) is 10.9 Å². The summed E-state index contributed by atoms with van der Waals surface area (Å²) in [6.07, 6.45) is 3.54. The van der Waals surface area contributed by atoms with Crippen molar-refractivity contribution in [3.05, 3.63) is 16.1 Å². The number of esters is 1. The molecule has 0 unspecified atom stereocenters. The molecule has 1 aromatic heterocycles. The SMILES string of the molecule is CCOC(=O)C1CCN(C(=NC)NCCc2csc(CC)n2)CC1.I. The van der Waals surface area contributed by atoms with Crippen LogP contribution in [0.15, 0.2) is 10.4 Å². The molecule has 6 nitrogen and oxygen atoms in total. The van der Waals surface area contributed by atoms with Crippen molar-refractivity contribution in [3.8, 4) is 0 Å². The van der Waals surface area contributed by atoms with E-state index in [0.29, 0.717) is 6.61 Å². The van der Waals surface area contributed by atoms with Crippen molar-refractivity contribution < 1.29 is 9.53 Å². The third kappa shape index (κ3) is 6.73. The fourth-order valence-electron chi connectivity index (χ4n) is 2.85. The molecule has 0 spiro atoms. The van der Waals surface area contributed by atoms with Crippen LogP contribution in [0.1, 0.15) is 37.4 Å². The molecule has 1 aliphatic rings. The van der Waals surface area contributed by atoms with Gasteiger partial charge in [-0.3, -0.25) is 9.79 Å². The number of piperidine rings is 1. The van der Waals surface area contributed by atoms with Gasteiger partial charge in [-0.1, -0.05) is 6.92 Å². The zero-order valence-electron chi connectivity index (χ0n) is 15.3. The second kappa shape index (κ2) is 11.7. The maximum absolute atomic E-state index is 11.8. The minimum Gasteiger partial charge on any atom is -0.466 e. The molecule has 0 aromatic carbocycles. The molecule has 2 heterocycles. The average molecular weight is 480 g/mol. The number of halogens is 1. The quantitative estimate of drug-likeness (QED) is 0.294. The molecule has 1 N–H and O–H groups in total. The van der Waals surface area contributed by atoms with Gasteiger partial charge < -0.3 is 15.0 Å². The number of carbonyl (C=O) groups excluding carboxylic acids is 1. The van der Waals surface area contributed by atoms with E-state index in [4.69, 9.17) is 4.74 Å². The summed E-state index contributed by atoms with van der Waals surface area (Å²) >= 11 is 1.73. The number of aryl methyl sites for hydroxylation is 1. The number of likely N-dealkylation sites (tertiary alicyclic amines) is 1. The first-order chi connectivity index (χ1) is 11.7. The Morgan fingerprint density at radius 1 is 1.44 bits per heavy atom. The summed E-state index contributed by atoms with van der Waals surface area (Å²) in [5.41, 5.74) is 1.14. The van der Waals surface area contributed by atoms with Crippen LogP contribution in [0.2, 0.25) is 0 Å². The van der Waals surface area contributed by atoms with Gasteiger partial charge in [0.2, 0.25) is 0 Å². The Labute approximate surface area is 171 Å². The molecule has 8 heteroatoms. The summed E-state index contributed by atoms with van der Waals surface area (Å²) < 4.78 is 5.12. The molecule has 0 saturated carbocycles. The van der Waals surface area contributed by atoms with Crippen molar-refractivity contribution in [2.45, 2.75) is 39.5 Å². The van der Waals surface area contributed by atoms with Gasteiger partial charge in [0.1, 0.15) is 0 Å². The van der Waals surface area contributed by atoms with Gasteiger partial charge in [0.15, 0.2) is 5.96 Å². The zero-order chi connectivity index (χ0) is 17.4. The van der Waals surface area contributed by atoms with Crippen molar-refractivity contribution in [1.29, 1.82) is 0 Å². The average Bonchev–Trinajstić information content (AvgIpc) is 3.07. The molecule has 25 heavy (non-hydrogen) atoms. The van der Waals surface area contributed by atoms with Crippen LogP contribution >= 0.6 is 35.3 Å². The molecule has 2 rings (SSSR count). The first kappa shape index (κ1) is 22.1. The van der Waals surface area contributed by atoms with Gasteiger partial charge in [0.25, 0.3) is 0 Å². The van der Waals surface area contributed by atoms with Gasteiger partial charge >= 0.3 is 5.97 Å². The minimum atomic E-state index is -0.0599. The van der Waals surface area contributed by atoms with Crippen molar-refractivity contribution >= 4 is 47.2 Å². The lowest BCUT2D eigenvalue weighted by atomic mass is 9.97. The molecular formula is C17H29IN4O2S. The lowest BCUT2D eigenvalue weighted by Crippen LogP contribution is -2.47. The maximum Gasteiger partial charge on any atom is 0.309 e. The summed E-state index contributed by atoms with van der Waals surface area (Å²) in [7, 11) is 1.80. The maximum atomic E-state index is 11.8. The number of aromatic nitrogens is 1. The van der Waals surface area contributed by atoms with E-state index in [2.05, 4.69) is 32.5 Å². The van der Waals surface area contributed by atoms with Crippen molar-refractivity contribution in [3.63, 3.8) is 0 Å². The Kier molecular flexibility index (Phi) is 10.3. The van der Waals surface area contributed by atoms with Crippen LogP contribution < -0.4 is 5.32 Å². The molecular weight excluding hydrogens is 451 g/mol. The second-order valence-corrected chi connectivity index (χ2v) is 6.77. The van der Waals surface area contributed by atoms with E-state index in [9.17, 15) is 4.79 Å². The van der Waals surface area contributed by atoms with E-state index in [0.717, 1.165) is 57.0 Å². The van der Waals surface area contributed by atoms with Gasteiger partial charge in [-0.25, -0.2) is 4.98 Å². The molecule has 0 bridgehead atoms. The topological polar surface area (TPSA) is 66.8 Å². The standard InChI is InChI=1S/C17H28N4O2S.HI/c1-4-15-20-14(12-24-15)6-9-19-17(18-3)21-10-7-13(8-11-21)16(22)23-5-2;/h12-13H,4-11H2,1-3H3,(H,18,19);1H. The normalized spacial score (nSPS) is 15.6. The Balaban J connectivity index is 0.00000312. The van der Waals surface area contributed by atoms with Gasteiger partial charge in [0, 0.05) is 38.5 Å². The highest BCUT2D eigenvalue weighted by atomic mass is 127. The molecule has 0 radical (unpaired) electrons. The highest BCUT2D eigenvalue weighted by Gasteiger charge is 2.27. The number of nitrogens with one attached hydrogen (secondary N) is 1. The fourth-order valence-corrected chi connectivity index (χ4v) is 3.63. The van der Waals surface area contributed by atoms with Crippen molar-refractivity contribution in [2.75, 3.05) is 33.3 Å². The number of nitrogens with zero attached hydrogens (tertiary/aromatic N) is 3. The van der Waals surface area contributed by atoms with Crippen LogP contribution in [-0.2, 0) is 22.4 Å². The lowest BCUT2D eigenvalue weighted by molar-refractivity contribution is -0.149. The summed E-state index contributed by atoms with van der Waals surface area (Å²) in [5.74, 6) is 0.875. The van der Waals surface area contributed by atoms with E-state index in [1.165, 1.54) is 5.01 Å². The Morgan fingerprint density at radius 2 is 2.16 bits per heavy atom. The van der Waals surface area contributed by atoms with Crippen LogP contribution in [0.4, 0.5) is 0 Å². The summed E-state index contributed by atoms with van der Waals surface area (Å²) in [5, 5.41) is 6.73. The number of aliphatic imine (C=N–C) groups is 1. The van der Waals surface area contributed by atoms with Crippen LogP contribution in [-0.4, -0.2) is 55.1 Å². The van der Waals surface area contributed by atoms with E-state index in [1.807, 2.05) is 6.92 Å². The minimum absolute atomic E-state index is 0. The van der Waals surface area contributed by atoms with Crippen LogP contribution in [0, 0.1) is 5.92 Å². The lowest BCUT2D eigenvalue weighted by Gasteiger charge is -2.33. The zero-order valence-corrected chi connectivity index (χ0v) is 18.4. The smallest absolute Gasteiger partial charge is 0.309 e. The molecule has 142 valence electrons. The van der Waals surface area contributed by atoms with Crippen LogP contribution in [0.3, 0.4) is 0 Å². The molecule has 0 aliphatic carbocycles. The number of hydrogen-bond acceptors (Lipinski definition) is 5. The third-order valence-corrected chi connectivity index (χ3v) is 5.23. The van der Waals surface area contributed by atoms with Gasteiger partial charge in [0.05, 0.1) is 23.2 Å². The van der Waals surface area contributed by atoms with Crippen LogP contribution in [0.25, 0.3) is 0 Å². The van der Waals surface area contributed by atoms with Gasteiger partial charge in [-0.15, -0.1) is 35.3 Å². The monoisotopic (exact) mass is 480 g/mol. The van der Waals surface area contributed by atoms with E-state index < -0.39 is 0 Å². The molecule has 0 amide bonds. The summed E-state index contributed by atoms with van der Waals surface area (Å²) in [6.45, 7) is 6.92. The highest BCUT2D eigenvalue weighted by Crippen LogP contribution is 2.18. The molecule has 0 atom stereocenters. The fraction of sp³-hybridized carbons (Fsp3) is 0.706. The third-order valence-electron chi connectivity index (χ3n) is 4.19. The van der Waals surface area contributed by atoms with Crippen LogP contribution in [0.5, 0.6) is 0 Å². The molecule has 1 saturated heterocycles. The number of hydrogen-bond donors (Lipinski definition) is 1. The van der Waals surface area contributed by atoms with Gasteiger partial charge in [-0.05, 0) is 26.2 Å². The second-order valence-electron chi connectivity index (χ2n) is 5.82. The molecule has 1 aliphatic heterocycles. The Morgan fingerprint density at radius 3 is 2.72 bits per heavy atom. The number of ether oxygens (including phenoxy) is 1. The molecule has 1 aromatic rings. The molecule has 1 fully saturated rings. The van der Waals surface area contributed by atoms with E-state index >= 15 is 0 Å². The number of carbonyl (C=O) groups is 1. The summed E-state index contributed by atoms with van der Waals surface area (Å²) in [4.78, 5) is 23.0. The van der Waals surface area contributed by atoms with E-state index in [1.54, 1.807) is 18.4 Å². The Bertz CT molecular complexity index is 557. The van der Waals surface area contributed by atoms with E-state index in [-0.39, 0.29) is 35.9 Å². The Hall–Kier alpha value is -0.900. The van der Waals surface area contributed by atoms with Gasteiger partial charge in [-0.2, -0.15) is 0 Å². The predicted octanol–water partition coefficient (Wildman–Crippen LogP) is 2.72. The predicted molar refractivity (Wildman–Crippen MR) is 113 cm³/mol. The number of thiazole rings is 1. The highest BCUT2D eigenvalue weighted by molar-refractivity contribution is 14.0. The number of guanidine groups is 1. The largest absolute Gasteiger partial charge is 0.466 e. The first-order valence-corrected chi connectivity index (χ1v) is 9.61. The van der Waals surface area contributed by atoms with Crippen molar-refractivity contribution in [1.82, 2.24) is 15.2 Å². The summed E-state index contributed by atoms with van der Waals surface area (Å²) in [6, 6.07) is 0. The number of rotatable bonds is 6. The first-order valence-electron chi connectivity index (χ1n) is 8.73.